The van der Waals surface area contributed by atoms with E-state index in [1.807, 2.05) is 18.2 Å². The fraction of sp³-hybridized carbons (Fsp3) is 0.211. The summed E-state index contributed by atoms with van der Waals surface area (Å²) in [6, 6.07) is 7.42. The molecule has 3 aromatic rings. The molecule has 0 atom stereocenters. The van der Waals surface area contributed by atoms with Crippen LogP contribution in [-0.4, -0.2) is 34.6 Å². The summed E-state index contributed by atoms with van der Waals surface area (Å²) in [7, 11) is 0. The molecule has 0 spiro atoms. The van der Waals surface area contributed by atoms with Crippen molar-refractivity contribution in [2.24, 2.45) is 0 Å². The number of hydrogen-bond donors (Lipinski definition) is 3. The van der Waals surface area contributed by atoms with Gasteiger partial charge in [0.25, 0.3) is 0 Å². The normalized spacial score (nSPS) is 14.3. The van der Waals surface area contributed by atoms with Crippen molar-refractivity contribution in [1.29, 1.82) is 0 Å². The standard InChI is InChI=1S/C19H19ClN6/c20-14-8-13(3-4-15(14)21)16-9-17-18(24-7-6-23-17)19(26-16)25-11-12-2-1-5-22-10-12/h2-4,6-9,22H,1,5,10-11,21H2,(H,25,26). The van der Waals surface area contributed by atoms with Crippen LogP contribution in [0.15, 0.2) is 48.3 Å². The molecule has 0 bridgehead atoms. The number of nitrogens with two attached hydrogens (primary N) is 1. The molecule has 0 unspecified atom stereocenters. The summed E-state index contributed by atoms with van der Waals surface area (Å²) in [5.74, 6) is 0.713. The molecule has 0 fully saturated rings. The first kappa shape index (κ1) is 16.8. The molecule has 0 radical (unpaired) electrons. The van der Waals surface area contributed by atoms with Gasteiger partial charge in [-0.05, 0) is 36.7 Å². The van der Waals surface area contributed by atoms with Crippen LogP contribution in [0, 0.1) is 0 Å². The third kappa shape index (κ3) is 3.47. The Morgan fingerprint density at radius 1 is 1.19 bits per heavy atom. The maximum Gasteiger partial charge on any atom is 0.155 e. The van der Waals surface area contributed by atoms with Crippen molar-refractivity contribution in [1.82, 2.24) is 20.3 Å². The quantitative estimate of drug-likeness (QED) is 0.485. The molecule has 0 amide bonds. The lowest BCUT2D eigenvalue weighted by Crippen LogP contribution is -2.25. The lowest BCUT2D eigenvalue weighted by atomic mass is 10.1. The molecule has 1 aliphatic rings. The Hall–Kier alpha value is -2.70. The van der Waals surface area contributed by atoms with Gasteiger partial charge in [0.2, 0.25) is 0 Å². The number of nitrogens with zero attached hydrogens (tertiary/aromatic N) is 3. The minimum atomic E-state index is 0.511. The highest BCUT2D eigenvalue weighted by atomic mass is 35.5. The molecule has 3 heterocycles. The van der Waals surface area contributed by atoms with E-state index in [4.69, 9.17) is 22.3 Å². The predicted molar refractivity (Wildman–Crippen MR) is 106 cm³/mol. The monoisotopic (exact) mass is 366 g/mol. The van der Waals surface area contributed by atoms with E-state index in [2.05, 4.69) is 26.7 Å². The first-order chi connectivity index (χ1) is 12.7. The van der Waals surface area contributed by atoms with E-state index >= 15 is 0 Å². The Morgan fingerprint density at radius 3 is 2.88 bits per heavy atom. The molecule has 132 valence electrons. The summed E-state index contributed by atoms with van der Waals surface area (Å²) in [5.41, 5.74) is 10.9. The fourth-order valence-corrected chi connectivity index (χ4v) is 3.14. The number of nitrogen functional groups attached to an aromatic ring is 1. The van der Waals surface area contributed by atoms with Crippen LogP contribution < -0.4 is 16.4 Å². The van der Waals surface area contributed by atoms with Crippen LogP contribution in [0.25, 0.3) is 22.3 Å². The second-order valence-electron chi connectivity index (χ2n) is 6.20. The number of aromatic nitrogens is 3. The van der Waals surface area contributed by atoms with E-state index < -0.39 is 0 Å². The van der Waals surface area contributed by atoms with Gasteiger partial charge in [-0.15, -0.1) is 0 Å². The van der Waals surface area contributed by atoms with E-state index in [-0.39, 0.29) is 0 Å². The number of benzene rings is 1. The Kier molecular flexibility index (Phi) is 4.69. The van der Waals surface area contributed by atoms with Crippen LogP contribution in [-0.2, 0) is 0 Å². The van der Waals surface area contributed by atoms with E-state index in [0.29, 0.717) is 16.5 Å². The first-order valence-corrected chi connectivity index (χ1v) is 8.88. The van der Waals surface area contributed by atoms with Gasteiger partial charge in [0.15, 0.2) is 5.82 Å². The minimum absolute atomic E-state index is 0.511. The second kappa shape index (κ2) is 7.27. The Labute approximate surface area is 156 Å². The molecule has 0 aliphatic carbocycles. The average Bonchev–Trinajstić information content (AvgIpc) is 2.69. The topological polar surface area (TPSA) is 88.8 Å². The van der Waals surface area contributed by atoms with Gasteiger partial charge in [-0.2, -0.15) is 0 Å². The van der Waals surface area contributed by atoms with Crippen LogP contribution in [0.5, 0.6) is 0 Å². The SMILES string of the molecule is Nc1ccc(-c2cc3nccnc3c(NCC3=CCCNC3)n2)cc1Cl. The number of nitrogens with one attached hydrogen (secondary N) is 2. The number of fused-ring (bicyclic) bond motifs is 1. The molecule has 2 aromatic heterocycles. The summed E-state index contributed by atoms with van der Waals surface area (Å²) < 4.78 is 0. The van der Waals surface area contributed by atoms with Gasteiger partial charge in [-0.25, -0.2) is 9.97 Å². The highest BCUT2D eigenvalue weighted by Gasteiger charge is 2.12. The molecule has 4 rings (SSSR count). The van der Waals surface area contributed by atoms with Crippen LogP contribution in [0.3, 0.4) is 0 Å². The molecule has 1 aliphatic heterocycles. The van der Waals surface area contributed by atoms with Gasteiger partial charge in [-0.3, -0.25) is 4.98 Å². The summed E-state index contributed by atoms with van der Waals surface area (Å²) in [4.78, 5) is 13.6. The van der Waals surface area contributed by atoms with Crippen molar-refractivity contribution in [3.63, 3.8) is 0 Å². The molecular weight excluding hydrogens is 348 g/mol. The lowest BCUT2D eigenvalue weighted by molar-refractivity contribution is 0.697. The first-order valence-electron chi connectivity index (χ1n) is 8.50. The fourth-order valence-electron chi connectivity index (χ4n) is 2.96. The highest BCUT2D eigenvalue weighted by Crippen LogP contribution is 2.29. The molecule has 0 saturated heterocycles. The van der Waals surface area contributed by atoms with Gasteiger partial charge < -0.3 is 16.4 Å². The van der Waals surface area contributed by atoms with Crippen LogP contribution in [0.1, 0.15) is 6.42 Å². The third-order valence-electron chi connectivity index (χ3n) is 4.34. The van der Waals surface area contributed by atoms with Crippen LogP contribution >= 0.6 is 11.6 Å². The summed E-state index contributed by atoms with van der Waals surface area (Å²) in [5, 5.41) is 7.30. The average molecular weight is 367 g/mol. The smallest absolute Gasteiger partial charge is 0.155 e. The van der Waals surface area contributed by atoms with Crippen molar-refractivity contribution in [3.8, 4) is 11.3 Å². The van der Waals surface area contributed by atoms with Crippen molar-refractivity contribution in [3.05, 3.63) is 53.3 Å². The zero-order valence-electron chi connectivity index (χ0n) is 14.2. The zero-order valence-corrected chi connectivity index (χ0v) is 14.9. The van der Waals surface area contributed by atoms with E-state index in [1.165, 1.54) is 5.57 Å². The molecule has 6 nitrogen and oxygen atoms in total. The highest BCUT2D eigenvalue weighted by molar-refractivity contribution is 6.33. The Bertz CT molecular complexity index is 985. The number of hydrogen-bond acceptors (Lipinski definition) is 6. The molecule has 0 saturated carbocycles. The van der Waals surface area contributed by atoms with Gasteiger partial charge in [0.1, 0.15) is 5.52 Å². The third-order valence-corrected chi connectivity index (χ3v) is 4.67. The van der Waals surface area contributed by atoms with Gasteiger partial charge >= 0.3 is 0 Å². The van der Waals surface area contributed by atoms with E-state index in [0.717, 1.165) is 48.3 Å². The molecular formula is C19H19ClN6. The Morgan fingerprint density at radius 2 is 2.08 bits per heavy atom. The van der Waals surface area contributed by atoms with Gasteiger partial charge in [-0.1, -0.05) is 23.7 Å². The second-order valence-corrected chi connectivity index (χ2v) is 6.61. The Balaban J connectivity index is 1.72. The lowest BCUT2D eigenvalue weighted by Gasteiger charge is -2.16. The summed E-state index contributed by atoms with van der Waals surface area (Å²) >= 11 is 6.17. The zero-order chi connectivity index (χ0) is 17.9. The number of pyridine rings is 1. The van der Waals surface area contributed by atoms with Crippen molar-refractivity contribution in [2.45, 2.75) is 6.42 Å². The molecule has 4 N–H and O–H groups in total. The largest absolute Gasteiger partial charge is 0.398 e. The number of halogens is 1. The molecule has 7 heteroatoms. The number of anilines is 2. The van der Waals surface area contributed by atoms with Crippen molar-refractivity contribution < 1.29 is 0 Å². The van der Waals surface area contributed by atoms with Crippen molar-refractivity contribution in [2.75, 3.05) is 30.7 Å². The van der Waals surface area contributed by atoms with Crippen LogP contribution in [0.2, 0.25) is 5.02 Å². The molecule has 26 heavy (non-hydrogen) atoms. The maximum absolute atomic E-state index is 6.17. The van der Waals surface area contributed by atoms with Crippen LogP contribution in [0.4, 0.5) is 11.5 Å². The van der Waals surface area contributed by atoms with Crippen molar-refractivity contribution >= 4 is 34.1 Å². The summed E-state index contributed by atoms with van der Waals surface area (Å²) in [6.07, 6.45) is 6.67. The number of rotatable bonds is 4. The minimum Gasteiger partial charge on any atom is -0.398 e. The van der Waals surface area contributed by atoms with E-state index in [9.17, 15) is 0 Å². The maximum atomic E-state index is 6.17. The van der Waals surface area contributed by atoms with E-state index in [1.54, 1.807) is 18.5 Å². The van der Waals surface area contributed by atoms with Gasteiger partial charge in [0.05, 0.1) is 21.9 Å². The molecule has 1 aromatic carbocycles. The predicted octanol–water partition coefficient (Wildman–Crippen LogP) is 3.26. The summed E-state index contributed by atoms with van der Waals surface area (Å²) in [6.45, 7) is 2.64. The van der Waals surface area contributed by atoms with Gasteiger partial charge in [0, 0.05) is 31.0 Å².